The Kier molecular flexibility index (Phi) is 4.89. The van der Waals surface area contributed by atoms with Crippen molar-refractivity contribution in [1.29, 1.82) is 0 Å². The summed E-state index contributed by atoms with van der Waals surface area (Å²) < 4.78 is 20.6. The number of nitrogens with zero attached hydrogens (tertiary/aromatic N) is 2. The first-order valence-electron chi connectivity index (χ1n) is 9.50. The molecular weight excluding hydrogens is 365 g/mol. The van der Waals surface area contributed by atoms with Gasteiger partial charge in [-0.05, 0) is 43.9 Å². The van der Waals surface area contributed by atoms with Gasteiger partial charge in [-0.3, -0.25) is 4.79 Å². The molecule has 7 nitrogen and oxygen atoms in total. The van der Waals surface area contributed by atoms with Crippen LogP contribution in [0.1, 0.15) is 47.4 Å². The van der Waals surface area contributed by atoms with E-state index >= 15 is 0 Å². The Morgan fingerprint density at radius 1 is 1.21 bits per heavy atom. The van der Waals surface area contributed by atoms with Gasteiger partial charge in [0.2, 0.25) is 0 Å². The van der Waals surface area contributed by atoms with Gasteiger partial charge >= 0.3 is 5.97 Å². The maximum Gasteiger partial charge on any atom is 0.329 e. The van der Waals surface area contributed by atoms with Crippen LogP contribution in [0.2, 0.25) is 0 Å². The van der Waals surface area contributed by atoms with Gasteiger partial charge in [-0.25, -0.2) is 13.9 Å². The summed E-state index contributed by atoms with van der Waals surface area (Å²) in [6, 6.07) is 6.07. The quantitative estimate of drug-likeness (QED) is 0.839. The van der Waals surface area contributed by atoms with Gasteiger partial charge in [0.15, 0.2) is 5.69 Å². The molecule has 0 saturated carbocycles. The molecule has 0 unspecified atom stereocenters. The fourth-order valence-corrected chi connectivity index (χ4v) is 3.99. The lowest BCUT2D eigenvalue weighted by atomic mass is 9.89. The monoisotopic (exact) mass is 387 g/mol. The molecule has 1 saturated heterocycles. The summed E-state index contributed by atoms with van der Waals surface area (Å²) >= 11 is 0. The standard InChI is InChI=1S/C20H22FN3O4/c21-13-4-3-5-14(12-13)24-16-7-2-1-6-15(16)17(23-24)18(25)22-20(19(26)27)8-10-28-11-9-20/h3-5,12H,1-2,6-11H2,(H,22,25)(H,26,27). The van der Waals surface area contributed by atoms with Gasteiger partial charge in [0.05, 0.1) is 5.69 Å². The Hall–Kier alpha value is -2.74. The summed E-state index contributed by atoms with van der Waals surface area (Å²) in [5, 5.41) is 16.9. The number of amides is 1. The van der Waals surface area contributed by atoms with Crippen LogP contribution in [0.3, 0.4) is 0 Å². The molecule has 0 bridgehead atoms. The van der Waals surface area contributed by atoms with Crippen molar-refractivity contribution in [2.75, 3.05) is 13.2 Å². The van der Waals surface area contributed by atoms with Crippen molar-refractivity contribution in [1.82, 2.24) is 15.1 Å². The van der Waals surface area contributed by atoms with Crippen LogP contribution in [-0.4, -0.2) is 45.5 Å². The topological polar surface area (TPSA) is 93.5 Å². The van der Waals surface area contributed by atoms with Crippen LogP contribution < -0.4 is 5.32 Å². The third-order valence-electron chi connectivity index (χ3n) is 5.56. The van der Waals surface area contributed by atoms with E-state index in [2.05, 4.69) is 10.4 Å². The number of nitrogens with one attached hydrogen (secondary N) is 1. The molecule has 1 aliphatic carbocycles. The van der Waals surface area contributed by atoms with Crippen LogP contribution >= 0.6 is 0 Å². The molecule has 8 heteroatoms. The zero-order valence-electron chi connectivity index (χ0n) is 15.4. The number of aliphatic carboxylic acids is 1. The number of carboxylic acids is 1. The first kappa shape index (κ1) is 18.6. The second-order valence-corrected chi connectivity index (χ2v) is 7.33. The SMILES string of the molecule is O=C(NC1(C(=O)O)CCOCC1)c1nn(-c2cccc(F)c2)c2c1CCCC2. The highest BCUT2D eigenvalue weighted by Crippen LogP contribution is 2.28. The molecule has 28 heavy (non-hydrogen) atoms. The van der Waals surface area contributed by atoms with E-state index < -0.39 is 17.4 Å². The Morgan fingerprint density at radius 2 is 1.96 bits per heavy atom. The number of rotatable bonds is 4. The van der Waals surface area contributed by atoms with Crippen molar-refractivity contribution in [3.8, 4) is 5.69 Å². The maximum atomic E-state index is 13.7. The van der Waals surface area contributed by atoms with Gasteiger partial charge in [-0.15, -0.1) is 0 Å². The predicted molar refractivity (Wildman–Crippen MR) is 98.1 cm³/mol. The highest BCUT2D eigenvalue weighted by atomic mass is 19.1. The van der Waals surface area contributed by atoms with E-state index in [1.807, 2.05) is 0 Å². The number of carbonyl (C=O) groups excluding carboxylic acids is 1. The minimum Gasteiger partial charge on any atom is -0.480 e. The molecule has 1 amide bonds. The minimum atomic E-state index is -1.35. The Balaban J connectivity index is 1.71. The van der Waals surface area contributed by atoms with Crippen LogP contribution in [-0.2, 0) is 22.4 Å². The minimum absolute atomic E-state index is 0.209. The molecule has 0 spiro atoms. The molecule has 2 aromatic rings. The number of hydrogen-bond donors (Lipinski definition) is 2. The summed E-state index contributed by atoms with van der Waals surface area (Å²) in [6.07, 6.45) is 3.74. The highest BCUT2D eigenvalue weighted by molar-refractivity contribution is 5.98. The number of carbonyl (C=O) groups is 2. The average Bonchev–Trinajstić information content (AvgIpc) is 3.08. The summed E-state index contributed by atoms with van der Waals surface area (Å²) in [6.45, 7) is 0.560. The Morgan fingerprint density at radius 3 is 2.68 bits per heavy atom. The summed E-state index contributed by atoms with van der Waals surface area (Å²) in [5.41, 5.74) is 1.14. The molecule has 148 valence electrons. The number of carboxylic acid groups (broad SMARTS) is 1. The number of aromatic nitrogens is 2. The third-order valence-corrected chi connectivity index (χ3v) is 5.56. The Bertz CT molecular complexity index is 918. The van der Waals surface area contributed by atoms with E-state index in [1.165, 1.54) is 12.1 Å². The van der Waals surface area contributed by atoms with Crippen LogP contribution in [0.5, 0.6) is 0 Å². The largest absolute Gasteiger partial charge is 0.480 e. The summed E-state index contributed by atoms with van der Waals surface area (Å²) in [5.74, 6) is -1.95. The van der Waals surface area contributed by atoms with Gasteiger partial charge < -0.3 is 15.2 Å². The van der Waals surface area contributed by atoms with Crippen molar-refractivity contribution < 1.29 is 23.8 Å². The van der Waals surface area contributed by atoms with Crippen molar-refractivity contribution in [2.24, 2.45) is 0 Å². The molecule has 1 aromatic heterocycles. The van der Waals surface area contributed by atoms with Crippen LogP contribution in [0, 0.1) is 5.82 Å². The molecule has 1 aromatic carbocycles. The third kappa shape index (κ3) is 3.28. The maximum absolute atomic E-state index is 13.7. The number of hydrogen-bond acceptors (Lipinski definition) is 4. The van der Waals surface area contributed by atoms with Crippen LogP contribution in [0.15, 0.2) is 24.3 Å². The first-order chi connectivity index (χ1) is 13.5. The lowest BCUT2D eigenvalue weighted by Crippen LogP contribution is -2.57. The molecular formula is C20H22FN3O4. The first-order valence-corrected chi connectivity index (χ1v) is 9.50. The van der Waals surface area contributed by atoms with E-state index in [0.717, 1.165) is 30.5 Å². The van der Waals surface area contributed by atoms with Gasteiger partial charge in [0.25, 0.3) is 5.91 Å². The van der Waals surface area contributed by atoms with Crippen molar-refractivity contribution in [3.63, 3.8) is 0 Å². The lowest BCUT2D eigenvalue weighted by Gasteiger charge is -2.33. The molecule has 2 aliphatic rings. The molecule has 0 radical (unpaired) electrons. The molecule has 4 rings (SSSR count). The van der Waals surface area contributed by atoms with E-state index in [-0.39, 0.29) is 37.6 Å². The normalized spacial score (nSPS) is 18.3. The van der Waals surface area contributed by atoms with Gasteiger partial charge in [-0.2, -0.15) is 5.10 Å². The van der Waals surface area contributed by atoms with Gasteiger partial charge in [-0.1, -0.05) is 6.07 Å². The molecule has 1 fully saturated rings. The van der Waals surface area contributed by atoms with E-state index in [9.17, 15) is 19.1 Å². The lowest BCUT2D eigenvalue weighted by molar-refractivity contribution is -0.148. The van der Waals surface area contributed by atoms with Gasteiger partial charge in [0.1, 0.15) is 11.4 Å². The van der Waals surface area contributed by atoms with E-state index in [1.54, 1.807) is 16.8 Å². The zero-order chi connectivity index (χ0) is 19.7. The Labute approximate surface area is 161 Å². The van der Waals surface area contributed by atoms with Crippen molar-refractivity contribution in [3.05, 3.63) is 47.0 Å². The van der Waals surface area contributed by atoms with E-state index in [0.29, 0.717) is 12.1 Å². The number of benzene rings is 1. The van der Waals surface area contributed by atoms with E-state index in [4.69, 9.17) is 4.74 Å². The zero-order valence-corrected chi connectivity index (χ0v) is 15.4. The molecule has 0 atom stereocenters. The highest BCUT2D eigenvalue weighted by Gasteiger charge is 2.42. The summed E-state index contributed by atoms with van der Waals surface area (Å²) in [7, 11) is 0. The second kappa shape index (κ2) is 7.35. The average molecular weight is 387 g/mol. The number of halogens is 1. The second-order valence-electron chi connectivity index (χ2n) is 7.33. The van der Waals surface area contributed by atoms with Gasteiger partial charge in [0, 0.05) is 37.3 Å². The number of ether oxygens (including phenoxy) is 1. The fourth-order valence-electron chi connectivity index (χ4n) is 3.99. The van der Waals surface area contributed by atoms with Crippen LogP contribution in [0.25, 0.3) is 5.69 Å². The van der Waals surface area contributed by atoms with Crippen molar-refractivity contribution in [2.45, 2.75) is 44.1 Å². The van der Waals surface area contributed by atoms with Crippen LogP contribution in [0.4, 0.5) is 4.39 Å². The van der Waals surface area contributed by atoms with Crippen molar-refractivity contribution >= 4 is 11.9 Å². The molecule has 2 N–H and O–H groups in total. The smallest absolute Gasteiger partial charge is 0.329 e. The molecule has 2 heterocycles. The molecule has 1 aliphatic heterocycles. The summed E-state index contributed by atoms with van der Waals surface area (Å²) in [4.78, 5) is 24.9. The fraction of sp³-hybridized carbons (Fsp3) is 0.450. The predicted octanol–water partition coefficient (Wildman–Crippen LogP) is 2.25. The number of fused-ring (bicyclic) bond motifs is 1.